The van der Waals surface area contributed by atoms with Crippen molar-refractivity contribution in [2.75, 3.05) is 0 Å². The largest absolute Gasteiger partial charge is 0.411 e. The van der Waals surface area contributed by atoms with E-state index >= 15 is 0 Å². The van der Waals surface area contributed by atoms with E-state index in [0.717, 1.165) is 16.7 Å². The standard InChI is InChI=1S/C19H16N4O2S/c1-12-7-9-14(10-8-12)17-20-16(25-23-17)11-26-19-22-21-18(24-19)15-6-4-3-5-13(15)2/h3-10H,11H2,1-2H3. The number of rotatable bonds is 5. The van der Waals surface area contributed by atoms with Crippen LogP contribution in [0.25, 0.3) is 22.8 Å². The maximum atomic E-state index is 5.73. The minimum Gasteiger partial charge on any atom is -0.411 e. The molecule has 0 spiro atoms. The first-order valence-corrected chi connectivity index (χ1v) is 9.09. The lowest BCUT2D eigenvalue weighted by molar-refractivity contribution is 0.391. The molecule has 0 aliphatic heterocycles. The summed E-state index contributed by atoms with van der Waals surface area (Å²) in [6.07, 6.45) is 0. The SMILES string of the molecule is Cc1ccc(-c2noc(CSc3nnc(-c4ccccc4C)o3)n2)cc1. The number of hydrogen-bond donors (Lipinski definition) is 0. The number of benzene rings is 2. The Hall–Kier alpha value is -2.93. The molecule has 0 aliphatic carbocycles. The summed E-state index contributed by atoms with van der Waals surface area (Å²) < 4.78 is 11.0. The first kappa shape index (κ1) is 16.5. The van der Waals surface area contributed by atoms with Crippen molar-refractivity contribution in [2.45, 2.75) is 24.8 Å². The average Bonchev–Trinajstić information content (AvgIpc) is 3.30. The lowest BCUT2D eigenvalue weighted by Crippen LogP contribution is -1.83. The fraction of sp³-hybridized carbons (Fsp3) is 0.158. The summed E-state index contributed by atoms with van der Waals surface area (Å²) in [7, 11) is 0. The van der Waals surface area contributed by atoms with E-state index in [9.17, 15) is 0 Å². The van der Waals surface area contributed by atoms with Gasteiger partial charge < -0.3 is 8.94 Å². The first-order chi connectivity index (χ1) is 12.7. The molecule has 7 heteroatoms. The van der Waals surface area contributed by atoms with Crippen molar-refractivity contribution in [1.29, 1.82) is 0 Å². The minimum atomic E-state index is 0.467. The maximum absolute atomic E-state index is 5.73. The van der Waals surface area contributed by atoms with Crippen LogP contribution in [0.15, 0.2) is 62.7 Å². The molecule has 4 rings (SSSR count). The van der Waals surface area contributed by atoms with Gasteiger partial charge in [0.2, 0.25) is 17.6 Å². The molecule has 4 aromatic rings. The van der Waals surface area contributed by atoms with E-state index in [1.54, 1.807) is 0 Å². The Labute approximate surface area is 154 Å². The zero-order chi connectivity index (χ0) is 17.9. The van der Waals surface area contributed by atoms with Crippen molar-refractivity contribution in [1.82, 2.24) is 20.3 Å². The van der Waals surface area contributed by atoms with E-state index in [1.807, 2.05) is 62.4 Å². The van der Waals surface area contributed by atoms with Crippen LogP contribution in [0.3, 0.4) is 0 Å². The lowest BCUT2D eigenvalue weighted by atomic mass is 10.1. The molecule has 6 nitrogen and oxygen atoms in total. The summed E-state index contributed by atoms with van der Waals surface area (Å²) in [5.74, 6) is 2.07. The number of hydrogen-bond acceptors (Lipinski definition) is 7. The molecule has 0 amide bonds. The van der Waals surface area contributed by atoms with Crippen LogP contribution in [-0.4, -0.2) is 20.3 Å². The highest BCUT2D eigenvalue weighted by Gasteiger charge is 2.13. The van der Waals surface area contributed by atoms with E-state index in [2.05, 4.69) is 20.3 Å². The second kappa shape index (κ2) is 7.13. The molecule has 0 unspecified atom stereocenters. The molecule has 130 valence electrons. The maximum Gasteiger partial charge on any atom is 0.277 e. The topological polar surface area (TPSA) is 77.8 Å². The van der Waals surface area contributed by atoms with Gasteiger partial charge in [-0.25, -0.2) is 0 Å². The van der Waals surface area contributed by atoms with E-state index in [-0.39, 0.29) is 0 Å². The number of thioether (sulfide) groups is 1. The Bertz CT molecular complexity index is 1020. The van der Waals surface area contributed by atoms with Gasteiger partial charge in [-0.1, -0.05) is 64.9 Å². The predicted molar refractivity (Wildman–Crippen MR) is 98.5 cm³/mol. The van der Waals surface area contributed by atoms with Crippen LogP contribution in [0.1, 0.15) is 17.0 Å². The molecule has 2 heterocycles. The molecule has 0 aliphatic rings. The molecular formula is C19H16N4O2S. The highest BCUT2D eigenvalue weighted by molar-refractivity contribution is 7.98. The van der Waals surface area contributed by atoms with Gasteiger partial charge in [0.15, 0.2) is 0 Å². The summed E-state index contributed by atoms with van der Waals surface area (Å²) in [6, 6.07) is 15.9. The fourth-order valence-electron chi connectivity index (χ4n) is 2.45. The van der Waals surface area contributed by atoms with Crippen LogP contribution in [0, 0.1) is 13.8 Å². The molecule has 0 fully saturated rings. The van der Waals surface area contributed by atoms with Gasteiger partial charge in [0.25, 0.3) is 5.22 Å². The summed E-state index contributed by atoms with van der Waals surface area (Å²) in [5.41, 5.74) is 4.14. The Morgan fingerprint density at radius 2 is 1.77 bits per heavy atom. The molecule has 2 aromatic heterocycles. The Morgan fingerprint density at radius 3 is 2.58 bits per heavy atom. The van der Waals surface area contributed by atoms with Gasteiger partial charge in [0.1, 0.15) is 0 Å². The summed E-state index contributed by atoms with van der Waals surface area (Å²) in [4.78, 5) is 4.42. The van der Waals surface area contributed by atoms with E-state index in [0.29, 0.717) is 28.6 Å². The molecule has 0 radical (unpaired) electrons. The van der Waals surface area contributed by atoms with E-state index < -0.39 is 0 Å². The molecule has 26 heavy (non-hydrogen) atoms. The predicted octanol–water partition coefficient (Wildman–Crippen LogP) is 4.70. The smallest absolute Gasteiger partial charge is 0.277 e. The molecule has 0 N–H and O–H groups in total. The van der Waals surface area contributed by atoms with E-state index in [4.69, 9.17) is 8.94 Å². The first-order valence-electron chi connectivity index (χ1n) is 8.11. The lowest BCUT2D eigenvalue weighted by Gasteiger charge is -1.98. The molecule has 0 saturated carbocycles. The third-order valence-corrected chi connectivity index (χ3v) is 4.68. The van der Waals surface area contributed by atoms with Crippen LogP contribution in [0.5, 0.6) is 0 Å². The molecule has 0 bridgehead atoms. The van der Waals surface area contributed by atoms with Gasteiger partial charge in [0.05, 0.1) is 5.75 Å². The molecular weight excluding hydrogens is 348 g/mol. The van der Waals surface area contributed by atoms with Crippen molar-refractivity contribution >= 4 is 11.8 Å². The highest BCUT2D eigenvalue weighted by Crippen LogP contribution is 2.27. The van der Waals surface area contributed by atoms with Crippen LogP contribution in [0.2, 0.25) is 0 Å². The van der Waals surface area contributed by atoms with Gasteiger partial charge in [-0.15, -0.1) is 10.2 Å². The second-order valence-electron chi connectivity index (χ2n) is 5.85. The summed E-state index contributed by atoms with van der Waals surface area (Å²) >= 11 is 1.37. The van der Waals surface area contributed by atoms with Crippen molar-refractivity contribution in [2.24, 2.45) is 0 Å². The monoisotopic (exact) mass is 364 g/mol. The van der Waals surface area contributed by atoms with Crippen LogP contribution in [-0.2, 0) is 5.75 Å². The van der Waals surface area contributed by atoms with Crippen molar-refractivity contribution in [3.63, 3.8) is 0 Å². The Morgan fingerprint density at radius 1 is 0.962 bits per heavy atom. The van der Waals surface area contributed by atoms with Gasteiger partial charge in [-0.2, -0.15) is 4.98 Å². The number of aromatic nitrogens is 4. The molecule has 0 atom stereocenters. The van der Waals surface area contributed by atoms with Gasteiger partial charge in [0, 0.05) is 11.1 Å². The number of nitrogens with zero attached hydrogens (tertiary/aromatic N) is 4. The molecule has 0 saturated heterocycles. The summed E-state index contributed by atoms with van der Waals surface area (Å²) in [6.45, 7) is 4.05. The average molecular weight is 364 g/mol. The second-order valence-corrected chi connectivity index (χ2v) is 6.78. The van der Waals surface area contributed by atoms with Gasteiger partial charge in [-0.3, -0.25) is 0 Å². The van der Waals surface area contributed by atoms with Crippen LogP contribution in [0.4, 0.5) is 0 Å². The van der Waals surface area contributed by atoms with Crippen LogP contribution >= 0.6 is 11.8 Å². The Balaban J connectivity index is 1.44. The third-order valence-electron chi connectivity index (χ3n) is 3.88. The van der Waals surface area contributed by atoms with Gasteiger partial charge in [-0.05, 0) is 25.5 Å². The fourth-order valence-corrected chi connectivity index (χ4v) is 3.05. The molecule has 2 aromatic carbocycles. The van der Waals surface area contributed by atoms with E-state index in [1.165, 1.54) is 17.3 Å². The normalized spacial score (nSPS) is 11.0. The van der Waals surface area contributed by atoms with Crippen LogP contribution < -0.4 is 0 Å². The van der Waals surface area contributed by atoms with Crippen molar-refractivity contribution in [3.05, 3.63) is 65.5 Å². The van der Waals surface area contributed by atoms with Crippen molar-refractivity contribution < 1.29 is 8.94 Å². The minimum absolute atomic E-state index is 0.467. The quantitative estimate of drug-likeness (QED) is 0.475. The third kappa shape index (κ3) is 3.52. The van der Waals surface area contributed by atoms with Gasteiger partial charge >= 0.3 is 0 Å². The highest BCUT2D eigenvalue weighted by atomic mass is 32.2. The zero-order valence-corrected chi connectivity index (χ0v) is 15.2. The number of aryl methyl sites for hydroxylation is 2. The Kier molecular flexibility index (Phi) is 4.53. The summed E-state index contributed by atoms with van der Waals surface area (Å²) in [5, 5.41) is 12.7. The zero-order valence-electron chi connectivity index (χ0n) is 14.3. The van der Waals surface area contributed by atoms with Crippen molar-refractivity contribution in [3.8, 4) is 22.8 Å².